The number of nitrogens with zero attached hydrogens (tertiary/aromatic N) is 3. The van der Waals surface area contributed by atoms with Crippen LogP contribution in [0.5, 0.6) is 5.75 Å². The van der Waals surface area contributed by atoms with Gasteiger partial charge < -0.3 is 24.2 Å². The van der Waals surface area contributed by atoms with Crippen LogP contribution in [-0.4, -0.2) is 85.6 Å². The molecule has 8 nitrogen and oxygen atoms in total. The Morgan fingerprint density at radius 1 is 1.00 bits per heavy atom. The lowest BCUT2D eigenvalue weighted by Gasteiger charge is -2.32. The molecule has 13 heteroatoms. The van der Waals surface area contributed by atoms with Crippen molar-refractivity contribution in [1.82, 2.24) is 14.7 Å². The highest BCUT2D eigenvalue weighted by atomic mass is 35.5. The van der Waals surface area contributed by atoms with Crippen LogP contribution in [0.2, 0.25) is 10.0 Å². The first kappa shape index (κ1) is 31.7. The van der Waals surface area contributed by atoms with Crippen LogP contribution in [-0.2, 0) is 15.7 Å². The fraction of sp³-hybridized carbons (Fsp3) is 0.483. The number of hydrogen-bond donors (Lipinski definition) is 0. The summed E-state index contributed by atoms with van der Waals surface area (Å²) in [6, 6.07) is 7.71. The second-order valence-corrected chi connectivity index (χ2v) is 11.2. The molecule has 2 heterocycles. The molecule has 0 aromatic heterocycles. The van der Waals surface area contributed by atoms with Gasteiger partial charge in [0.2, 0.25) is 5.91 Å². The van der Waals surface area contributed by atoms with Gasteiger partial charge in [0.25, 0.3) is 5.91 Å². The smallest absolute Gasteiger partial charge is 0.419 e. The zero-order valence-electron chi connectivity index (χ0n) is 23.4. The van der Waals surface area contributed by atoms with Crippen LogP contribution >= 0.6 is 23.2 Å². The SMILES string of the molecule is CCOC(=O)N1CCC(C(=O)N2C[C@H](c3ccc(Cl)c(Cl)c3)[C@@H](N(C)C(=O)c3ccc(OC)c(C(F)(F)F)c3)C2)CC1. The third-order valence-corrected chi connectivity index (χ3v) is 8.65. The summed E-state index contributed by atoms with van der Waals surface area (Å²) in [5, 5.41) is 0.654. The minimum absolute atomic E-state index is 0.101. The van der Waals surface area contributed by atoms with Crippen LogP contribution in [0.4, 0.5) is 18.0 Å². The number of amides is 3. The molecule has 0 spiro atoms. The second kappa shape index (κ2) is 13.0. The van der Waals surface area contributed by atoms with E-state index in [1.165, 1.54) is 18.0 Å². The lowest BCUT2D eigenvalue weighted by molar-refractivity contribution is -0.139. The van der Waals surface area contributed by atoms with E-state index in [0.717, 1.165) is 24.8 Å². The Morgan fingerprint density at radius 3 is 2.29 bits per heavy atom. The van der Waals surface area contributed by atoms with E-state index in [9.17, 15) is 27.6 Å². The Kier molecular flexibility index (Phi) is 9.82. The van der Waals surface area contributed by atoms with Crippen molar-refractivity contribution in [1.29, 1.82) is 0 Å². The van der Waals surface area contributed by atoms with Gasteiger partial charge in [-0.3, -0.25) is 9.59 Å². The maximum Gasteiger partial charge on any atom is 0.419 e. The first-order valence-corrected chi connectivity index (χ1v) is 14.3. The summed E-state index contributed by atoms with van der Waals surface area (Å²) < 4.78 is 50.9. The predicted octanol–water partition coefficient (Wildman–Crippen LogP) is 5.96. The van der Waals surface area contributed by atoms with E-state index >= 15 is 0 Å². The Labute approximate surface area is 252 Å². The molecule has 0 saturated carbocycles. The van der Waals surface area contributed by atoms with E-state index in [1.807, 2.05) is 0 Å². The van der Waals surface area contributed by atoms with E-state index in [-0.39, 0.29) is 48.8 Å². The highest BCUT2D eigenvalue weighted by molar-refractivity contribution is 6.42. The zero-order valence-corrected chi connectivity index (χ0v) is 24.9. The number of likely N-dealkylation sites (tertiary alicyclic amines) is 2. The van der Waals surface area contributed by atoms with Crippen LogP contribution in [0.3, 0.4) is 0 Å². The molecule has 0 bridgehead atoms. The largest absolute Gasteiger partial charge is 0.496 e. The molecular weight excluding hydrogens is 598 g/mol. The predicted molar refractivity (Wildman–Crippen MR) is 151 cm³/mol. The topological polar surface area (TPSA) is 79.4 Å². The van der Waals surface area contributed by atoms with Crippen molar-refractivity contribution in [3.05, 3.63) is 63.1 Å². The van der Waals surface area contributed by atoms with Gasteiger partial charge in [0, 0.05) is 50.6 Å². The Bertz CT molecular complexity index is 1330. The highest BCUT2D eigenvalue weighted by Crippen LogP contribution is 2.39. The third-order valence-electron chi connectivity index (χ3n) is 7.91. The number of hydrogen-bond acceptors (Lipinski definition) is 5. The van der Waals surface area contributed by atoms with Crippen molar-refractivity contribution in [2.45, 2.75) is 37.9 Å². The minimum atomic E-state index is -4.72. The Morgan fingerprint density at radius 2 is 1.69 bits per heavy atom. The van der Waals surface area contributed by atoms with Gasteiger partial charge in [-0.2, -0.15) is 13.2 Å². The molecule has 2 aromatic rings. The molecule has 2 aromatic carbocycles. The number of alkyl halides is 3. The summed E-state index contributed by atoms with van der Waals surface area (Å²) in [5.41, 5.74) is -0.468. The molecule has 0 aliphatic carbocycles. The number of likely N-dealkylation sites (N-methyl/N-ethyl adjacent to an activating group) is 1. The summed E-state index contributed by atoms with van der Waals surface area (Å²) in [7, 11) is 2.64. The van der Waals surface area contributed by atoms with Crippen LogP contribution in [0.1, 0.15) is 47.2 Å². The number of piperidine rings is 1. The van der Waals surface area contributed by atoms with Crippen molar-refractivity contribution in [2.75, 3.05) is 46.9 Å². The van der Waals surface area contributed by atoms with Crippen LogP contribution in [0.25, 0.3) is 0 Å². The third kappa shape index (κ3) is 6.72. The summed E-state index contributed by atoms with van der Waals surface area (Å²) in [6.07, 6.45) is -4.19. The lowest BCUT2D eigenvalue weighted by Crippen LogP contribution is -2.45. The quantitative estimate of drug-likeness (QED) is 0.394. The zero-order chi connectivity index (χ0) is 30.8. The van der Waals surface area contributed by atoms with Crippen molar-refractivity contribution in [3.8, 4) is 5.75 Å². The molecule has 0 N–H and O–H groups in total. The van der Waals surface area contributed by atoms with Gasteiger partial charge in [-0.25, -0.2) is 4.79 Å². The average molecular weight is 630 g/mol. The normalized spacial score (nSPS) is 19.5. The minimum Gasteiger partial charge on any atom is -0.496 e. The van der Waals surface area contributed by atoms with Gasteiger partial charge in [0.1, 0.15) is 5.75 Å². The number of carbonyl (C=O) groups is 3. The number of halogens is 5. The van der Waals surface area contributed by atoms with Crippen molar-refractivity contribution < 1.29 is 37.0 Å². The number of carbonyl (C=O) groups excluding carboxylic acids is 3. The van der Waals surface area contributed by atoms with Gasteiger partial charge in [-0.1, -0.05) is 29.3 Å². The summed E-state index contributed by atoms with van der Waals surface area (Å²) in [6.45, 7) is 3.22. The van der Waals surface area contributed by atoms with E-state index in [0.29, 0.717) is 36.0 Å². The number of rotatable bonds is 6. The second-order valence-electron chi connectivity index (χ2n) is 10.4. The van der Waals surface area contributed by atoms with Crippen molar-refractivity contribution >= 4 is 41.1 Å². The number of benzene rings is 2. The van der Waals surface area contributed by atoms with E-state index in [4.69, 9.17) is 32.7 Å². The van der Waals surface area contributed by atoms with Crippen LogP contribution < -0.4 is 4.74 Å². The van der Waals surface area contributed by atoms with Gasteiger partial charge >= 0.3 is 12.3 Å². The van der Waals surface area contributed by atoms with Gasteiger partial charge in [0.05, 0.1) is 35.4 Å². The molecule has 2 atom stereocenters. The van der Waals surface area contributed by atoms with E-state index < -0.39 is 29.8 Å². The lowest BCUT2D eigenvalue weighted by atomic mass is 9.93. The highest BCUT2D eigenvalue weighted by Gasteiger charge is 2.43. The molecule has 0 radical (unpaired) electrons. The molecule has 0 unspecified atom stereocenters. The first-order valence-electron chi connectivity index (χ1n) is 13.5. The van der Waals surface area contributed by atoms with Crippen molar-refractivity contribution in [3.63, 3.8) is 0 Å². The summed E-state index contributed by atoms with van der Waals surface area (Å²) >= 11 is 12.4. The number of methoxy groups -OCH3 is 1. The van der Waals surface area contributed by atoms with E-state index in [1.54, 1.807) is 34.9 Å². The first-order chi connectivity index (χ1) is 19.8. The molecular formula is C29H32Cl2F3N3O5. The molecule has 228 valence electrons. The molecule has 2 fully saturated rings. The maximum atomic E-state index is 13.7. The molecule has 2 saturated heterocycles. The van der Waals surface area contributed by atoms with Gasteiger partial charge in [-0.15, -0.1) is 0 Å². The summed E-state index contributed by atoms with van der Waals surface area (Å²) in [5.74, 6) is -1.81. The fourth-order valence-corrected chi connectivity index (χ4v) is 5.93. The van der Waals surface area contributed by atoms with Crippen LogP contribution in [0, 0.1) is 5.92 Å². The standard InChI is InChI=1S/C29H32Cl2F3N3O5/c1-4-42-28(40)36-11-9-17(10-12-36)27(39)37-15-20(18-5-7-22(30)23(31)14-18)24(16-37)35(2)26(38)19-6-8-25(41-3)21(13-19)29(32,33)34/h5-8,13-14,17,20,24H,4,9-12,15-16H2,1-3H3/t20-,24+/m1/s1. The van der Waals surface area contributed by atoms with Crippen molar-refractivity contribution in [2.24, 2.45) is 5.92 Å². The monoisotopic (exact) mass is 629 g/mol. The molecule has 2 aliphatic heterocycles. The van der Waals surface area contributed by atoms with Gasteiger partial charge in [0.15, 0.2) is 0 Å². The Hall–Kier alpha value is -3.18. The van der Waals surface area contributed by atoms with E-state index in [2.05, 4.69) is 0 Å². The number of ether oxygens (including phenoxy) is 2. The van der Waals surface area contributed by atoms with Crippen LogP contribution in [0.15, 0.2) is 36.4 Å². The molecule has 42 heavy (non-hydrogen) atoms. The Balaban J connectivity index is 1.58. The molecule has 2 aliphatic rings. The fourth-order valence-electron chi connectivity index (χ4n) is 5.63. The molecule has 4 rings (SSSR count). The molecule has 3 amide bonds. The summed E-state index contributed by atoms with van der Waals surface area (Å²) in [4.78, 5) is 43.9. The average Bonchev–Trinajstić information content (AvgIpc) is 3.42. The maximum absolute atomic E-state index is 13.7. The van der Waals surface area contributed by atoms with Gasteiger partial charge in [-0.05, 0) is 55.7 Å².